The van der Waals surface area contributed by atoms with Crippen LogP contribution in [0.25, 0.3) is 0 Å². The second kappa shape index (κ2) is 9.02. The monoisotopic (exact) mass is 359 g/mol. The number of ether oxygens (including phenoxy) is 1. The minimum absolute atomic E-state index is 0.262. The summed E-state index contributed by atoms with van der Waals surface area (Å²) in [5, 5.41) is 2.73. The molecule has 0 spiro atoms. The van der Waals surface area contributed by atoms with Gasteiger partial charge in [-0.2, -0.15) is 11.8 Å². The first-order valence-electron chi connectivity index (χ1n) is 6.20. The Hall–Kier alpha value is -1.01. The van der Waals surface area contributed by atoms with Crippen LogP contribution in [0.5, 0.6) is 0 Å². The van der Waals surface area contributed by atoms with Gasteiger partial charge >= 0.3 is 5.97 Å². The zero-order chi connectivity index (χ0) is 15.0. The molecule has 0 aromatic carbocycles. The minimum atomic E-state index is -0.607. The summed E-state index contributed by atoms with van der Waals surface area (Å²) in [6, 6.07) is -0.607. The van der Waals surface area contributed by atoms with E-state index in [2.05, 4.69) is 21.2 Å². The Morgan fingerprint density at radius 3 is 2.95 bits per heavy atom. The van der Waals surface area contributed by atoms with E-state index in [0.717, 1.165) is 10.2 Å². The Bertz CT molecular complexity index is 457. The van der Waals surface area contributed by atoms with Crippen LogP contribution in [0.1, 0.15) is 12.8 Å². The van der Waals surface area contributed by atoms with Gasteiger partial charge in [-0.3, -0.25) is 4.79 Å². The molecule has 20 heavy (non-hydrogen) atoms. The number of esters is 1. The van der Waals surface area contributed by atoms with Gasteiger partial charge in [0.1, 0.15) is 6.04 Å². The van der Waals surface area contributed by atoms with Crippen molar-refractivity contribution in [1.82, 2.24) is 5.32 Å². The molecule has 1 N–H and O–H groups in total. The van der Waals surface area contributed by atoms with E-state index in [0.29, 0.717) is 18.4 Å². The van der Waals surface area contributed by atoms with Gasteiger partial charge in [0.2, 0.25) is 0 Å². The fraction of sp³-hybridized carbons (Fsp3) is 0.429. The third-order valence-electron chi connectivity index (χ3n) is 2.71. The average Bonchev–Trinajstić information content (AvgIpc) is 2.67. The molecule has 1 rings (SSSR count). The Labute approximate surface area is 131 Å². The Morgan fingerprint density at radius 2 is 2.30 bits per heavy atom. The first-order valence-corrected chi connectivity index (χ1v) is 8.38. The molecule has 6 heteroatoms. The van der Waals surface area contributed by atoms with Gasteiger partial charge in [-0.05, 0) is 30.9 Å². The highest BCUT2D eigenvalue weighted by molar-refractivity contribution is 9.11. The molecule has 110 valence electrons. The maximum Gasteiger partial charge on any atom is 0.328 e. The van der Waals surface area contributed by atoms with E-state index < -0.39 is 12.0 Å². The lowest BCUT2D eigenvalue weighted by atomic mass is 10.1. The second-order valence-electron chi connectivity index (χ2n) is 4.16. The van der Waals surface area contributed by atoms with Crippen molar-refractivity contribution in [3.8, 4) is 0 Å². The van der Waals surface area contributed by atoms with E-state index in [1.807, 2.05) is 24.5 Å². The molecule has 0 aliphatic heterocycles. The van der Waals surface area contributed by atoms with Crippen molar-refractivity contribution >= 4 is 39.6 Å². The number of rotatable bonds is 6. The lowest BCUT2D eigenvalue weighted by Crippen LogP contribution is -2.42. The van der Waals surface area contributed by atoms with Gasteiger partial charge in [0.05, 0.1) is 7.11 Å². The number of carbonyl (C=O) groups excluding carboxylic acids is 2. The van der Waals surface area contributed by atoms with Crippen molar-refractivity contribution in [2.45, 2.75) is 18.9 Å². The fourth-order valence-electron chi connectivity index (χ4n) is 1.66. The van der Waals surface area contributed by atoms with Crippen LogP contribution in [0.2, 0.25) is 0 Å². The highest BCUT2D eigenvalue weighted by Gasteiger charge is 2.22. The molecule has 0 bridgehead atoms. The first kappa shape index (κ1) is 17.0. The molecule has 0 heterocycles. The molecule has 0 aromatic rings. The van der Waals surface area contributed by atoms with E-state index in [9.17, 15) is 9.59 Å². The Morgan fingerprint density at radius 1 is 1.55 bits per heavy atom. The smallest absolute Gasteiger partial charge is 0.328 e. The summed E-state index contributed by atoms with van der Waals surface area (Å²) in [4.78, 5) is 23.9. The molecular weight excluding hydrogens is 342 g/mol. The zero-order valence-corrected chi connectivity index (χ0v) is 13.9. The predicted molar refractivity (Wildman–Crippen MR) is 85.8 cm³/mol. The third kappa shape index (κ3) is 5.54. The standard InChI is InChI=1S/C14H18BrNO3S/c1-19-14(18)12(7-8-20-2)16-13(17)10-5-3-4-6-11(15)9-10/h4-6,9,12H,3,7-8H2,1-2H3,(H,16,17)/t12-/m0/s1. The summed E-state index contributed by atoms with van der Waals surface area (Å²) < 4.78 is 5.55. The van der Waals surface area contributed by atoms with Crippen LogP contribution in [0.4, 0.5) is 0 Å². The van der Waals surface area contributed by atoms with Crippen molar-refractivity contribution in [2.75, 3.05) is 19.1 Å². The van der Waals surface area contributed by atoms with Gasteiger partial charge in [0.25, 0.3) is 5.91 Å². The molecule has 0 saturated carbocycles. The number of amides is 1. The number of allylic oxidation sites excluding steroid dienone is 4. The SMILES string of the molecule is COC(=O)[C@H](CCSC)NC(=O)C1=CCC=CC(Br)=C1. The van der Waals surface area contributed by atoms with Gasteiger partial charge < -0.3 is 10.1 Å². The van der Waals surface area contributed by atoms with Crippen molar-refractivity contribution < 1.29 is 14.3 Å². The van der Waals surface area contributed by atoms with Crippen LogP contribution in [-0.2, 0) is 14.3 Å². The second-order valence-corrected chi connectivity index (χ2v) is 6.06. The largest absolute Gasteiger partial charge is 0.467 e. The normalized spacial score (nSPS) is 15.8. The van der Waals surface area contributed by atoms with Crippen LogP contribution >= 0.6 is 27.7 Å². The van der Waals surface area contributed by atoms with Gasteiger partial charge in [-0.1, -0.05) is 34.2 Å². The van der Waals surface area contributed by atoms with E-state index >= 15 is 0 Å². The van der Waals surface area contributed by atoms with Gasteiger partial charge in [0, 0.05) is 10.1 Å². The van der Waals surface area contributed by atoms with E-state index in [1.165, 1.54) is 7.11 Å². The predicted octanol–water partition coefficient (Wildman–Crippen LogP) is 2.56. The quantitative estimate of drug-likeness (QED) is 0.740. The molecule has 1 aliphatic rings. The van der Waals surface area contributed by atoms with E-state index in [1.54, 1.807) is 17.8 Å². The molecule has 4 nitrogen and oxygen atoms in total. The van der Waals surface area contributed by atoms with Gasteiger partial charge in [0.15, 0.2) is 0 Å². The molecule has 0 fully saturated rings. The van der Waals surface area contributed by atoms with Crippen LogP contribution < -0.4 is 5.32 Å². The summed E-state index contributed by atoms with van der Waals surface area (Å²) in [5.74, 6) is 0.102. The Kier molecular flexibility index (Phi) is 7.69. The number of halogens is 1. The molecule has 1 aliphatic carbocycles. The third-order valence-corrected chi connectivity index (χ3v) is 3.85. The molecule has 0 radical (unpaired) electrons. The molecule has 0 unspecified atom stereocenters. The summed E-state index contributed by atoms with van der Waals surface area (Å²) >= 11 is 4.98. The van der Waals surface area contributed by atoms with Crippen molar-refractivity contribution in [3.63, 3.8) is 0 Å². The molecular formula is C14H18BrNO3S. The highest BCUT2D eigenvalue weighted by Crippen LogP contribution is 2.16. The number of thioether (sulfide) groups is 1. The molecule has 1 atom stereocenters. The average molecular weight is 360 g/mol. The minimum Gasteiger partial charge on any atom is -0.467 e. The van der Waals surface area contributed by atoms with Gasteiger partial charge in [-0.25, -0.2) is 4.79 Å². The fourth-order valence-corrected chi connectivity index (χ4v) is 2.56. The molecule has 0 saturated heterocycles. The number of hydrogen-bond donors (Lipinski definition) is 1. The van der Waals surface area contributed by atoms with E-state index in [-0.39, 0.29) is 5.91 Å². The number of nitrogens with one attached hydrogen (secondary N) is 1. The highest BCUT2D eigenvalue weighted by atomic mass is 79.9. The lowest BCUT2D eigenvalue weighted by Gasteiger charge is -2.16. The van der Waals surface area contributed by atoms with Gasteiger partial charge in [-0.15, -0.1) is 0 Å². The summed E-state index contributed by atoms with van der Waals surface area (Å²) in [6.07, 6.45) is 10.6. The van der Waals surface area contributed by atoms with Crippen LogP contribution in [-0.4, -0.2) is 37.0 Å². The Balaban J connectivity index is 2.72. The maximum atomic E-state index is 12.2. The van der Waals surface area contributed by atoms with Crippen LogP contribution in [0.15, 0.2) is 34.4 Å². The van der Waals surface area contributed by atoms with Crippen LogP contribution in [0.3, 0.4) is 0 Å². The summed E-state index contributed by atoms with van der Waals surface area (Å²) in [6.45, 7) is 0. The lowest BCUT2D eigenvalue weighted by molar-refractivity contribution is -0.144. The van der Waals surface area contributed by atoms with Crippen LogP contribution in [0, 0.1) is 0 Å². The molecule has 1 amide bonds. The maximum absolute atomic E-state index is 12.2. The van der Waals surface area contributed by atoms with Crippen molar-refractivity contribution in [3.05, 3.63) is 34.4 Å². The number of methoxy groups -OCH3 is 1. The summed E-state index contributed by atoms with van der Waals surface area (Å²) in [7, 11) is 1.33. The number of hydrogen-bond acceptors (Lipinski definition) is 4. The molecule has 0 aromatic heterocycles. The van der Waals surface area contributed by atoms with E-state index in [4.69, 9.17) is 4.74 Å². The van der Waals surface area contributed by atoms with Crippen molar-refractivity contribution in [2.24, 2.45) is 0 Å². The summed E-state index contributed by atoms with van der Waals surface area (Å²) in [5.41, 5.74) is 0.542. The first-order chi connectivity index (χ1) is 9.58. The zero-order valence-electron chi connectivity index (χ0n) is 11.5. The topological polar surface area (TPSA) is 55.4 Å². The number of carbonyl (C=O) groups is 2. The van der Waals surface area contributed by atoms with Crippen molar-refractivity contribution in [1.29, 1.82) is 0 Å².